The van der Waals surface area contributed by atoms with Crippen LogP contribution < -0.4 is 0 Å². The third-order valence-electron chi connectivity index (χ3n) is 2.56. The van der Waals surface area contributed by atoms with Crippen LogP contribution in [-0.2, 0) is 9.53 Å². The Bertz CT molecular complexity index is 203. The number of ether oxygens (including phenoxy) is 1. The molecule has 4 nitrogen and oxygen atoms in total. The zero-order chi connectivity index (χ0) is 10.6. The zero-order valence-corrected chi connectivity index (χ0v) is 8.90. The van der Waals surface area contributed by atoms with E-state index >= 15 is 0 Å². The first-order valence-corrected chi connectivity index (χ1v) is 4.85. The molecule has 0 spiro atoms. The lowest BCUT2D eigenvalue weighted by molar-refractivity contribution is -0.115. The van der Waals surface area contributed by atoms with E-state index in [0.29, 0.717) is 19.6 Å². The van der Waals surface area contributed by atoms with Crippen LogP contribution in [-0.4, -0.2) is 63.0 Å². The molecule has 0 saturated carbocycles. The fraction of sp³-hybridized carbons (Fsp3) is 0.889. The van der Waals surface area contributed by atoms with Gasteiger partial charge in [0.1, 0.15) is 0 Å². The van der Waals surface area contributed by atoms with E-state index in [-0.39, 0.29) is 5.60 Å². The Morgan fingerprint density at radius 3 is 2.93 bits per heavy atom. The monoisotopic (exact) mass is 196 g/mol. The molecule has 1 aliphatic heterocycles. The molecule has 1 aliphatic rings. The second kappa shape index (κ2) is 4.80. The van der Waals surface area contributed by atoms with Gasteiger partial charge < -0.3 is 14.4 Å². The fourth-order valence-electron chi connectivity index (χ4n) is 1.72. The van der Waals surface area contributed by atoms with Crippen LogP contribution in [0.2, 0.25) is 0 Å². The van der Waals surface area contributed by atoms with Gasteiger partial charge in [0, 0.05) is 19.6 Å². The maximum absolute atomic E-state index is 10.2. The van der Waals surface area contributed by atoms with E-state index < -0.39 is 0 Å². The SMILES string of the molecule is [B]N(C=O)CCOC1(C)CCN(C)C1. The van der Waals surface area contributed by atoms with Gasteiger partial charge in [-0.25, -0.2) is 0 Å². The predicted molar refractivity (Wildman–Crippen MR) is 55.0 cm³/mol. The van der Waals surface area contributed by atoms with Crippen LogP contribution in [0.15, 0.2) is 0 Å². The van der Waals surface area contributed by atoms with E-state index in [2.05, 4.69) is 18.9 Å². The van der Waals surface area contributed by atoms with Crippen molar-refractivity contribution in [3.05, 3.63) is 0 Å². The molecule has 78 valence electrons. The fourth-order valence-corrected chi connectivity index (χ4v) is 1.72. The Morgan fingerprint density at radius 2 is 2.43 bits per heavy atom. The topological polar surface area (TPSA) is 32.8 Å². The maximum atomic E-state index is 10.2. The van der Waals surface area contributed by atoms with E-state index in [9.17, 15) is 4.79 Å². The van der Waals surface area contributed by atoms with Crippen LogP contribution in [0.5, 0.6) is 0 Å². The Morgan fingerprint density at radius 1 is 1.71 bits per heavy atom. The van der Waals surface area contributed by atoms with Gasteiger partial charge in [-0.05, 0) is 20.4 Å². The number of likely N-dealkylation sites (tertiary alicyclic amines) is 1. The van der Waals surface area contributed by atoms with Crippen molar-refractivity contribution in [2.24, 2.45) is 0 Å². The Hall–Kier alpha value is -0.545. The van der Waals surface area contributed by atoms with Gasteiger partial charge in [-0.3, -0.25) is 4.79 Å². The molecule has 0 bridgehead atoms. The highest BCUT2D eigenvalue weighted by molar-refractivity contribution is 6.10. The Labute approximate surface area is 86.6 Å². The molecule has 1 amide bonds. The smallest absolute Gasteiger partial charge is 0.230 e. The molecule has 0 aliphatic carbocycles. The van der Waals surface area contributed by atoms with Gasteiger partial charge in [0.2, 0.25) is 7.98 Å². The van der Waals surface area contributed by atoms with Crippen LogP contribution in [0.1, 0.15) is 13.3 Å². The van der Waals surface area contributed by atoms with Crippen molar-refractivity contribution >= 4 is 14.4 Å². The number of amides is 1. The molecule has 14 heavy (non-hydrogen) atoms. The number of carbonyl (C=O) groups is 1. The summed E-state index contributed by atoms with van der Waals surface area (Å²) in [7, 11) is 7.38. The second-order valence-electron chi connectivity index (χ2n) is 4.13. The lowest BCUT2D eigenvalue weighted by Gasteiger charge is -2.25. The van der Waals surface area contributed by atoms with Crippen molar-refractivity contribution in [1.29, 1.82) is 0 Å². The minimum absolute atomic E-state index is 0.0710. The van der Waals surface area contributed by atoms with Crippen LogP contribution in [0.25, 0.3) is 0 Å². The van der Waals surface area contributed by atoms with Gasteiger partial charge >= 0.3 is 0 Å². The predicted octanol–water partition coefficient (Wildman–Crippen LogP) is -0.361. The van der Waals surface area contributed by atoms with Gasteiger partial charge in [-0.1, -0.05) is 0 Å². The average Bonchev–Trinajstić information content (AvgIpc) is 2.46. The van der Waals surface area contributed by atoms with E-state index in [0.717, 1.165) is 24.3 Å². The van der Waals surface area contributed by atoms with E-state index in [1.54, 1.807) is 0 Å². The summed E-state index contributed by atoms with van der Waals surface area (Å²) >= 11 is 0. The standard InChI is InChI=1S/C9H17BN2O2/c1-9(3-4-11(2)7-9)14-6-5-12(10)8-13/h8H,3-7H2,1-2H3. The molecule has 0 N–H and O–H groups in total. The van der Waals surface area contributed by atoms with Crippen molar-refractivity contribution < 1.29 is 9.53 Å². The normalized spacial score (nSPS) is 27.9. The van der Waals surface area contributed by atoms with Crippen molar-refractivity contribution in [3.8, 4) is 0 Å². The van der Waals surface area contributed by atoms with Crippen LogP contribution in [0.3, 0.4) is 0 Å². The maximum Gasteiger partial charge on any atom is 0.230 e. The number of hydrogen-bond donors (Lipinski definition) is 0. The van der Waals surface area contributed by atoms with Crippen LogP contribution >= 0.6 is 0 Å². The molecular weight excluding hydrogens is 179 g/mol. The number of hydrogen-bond acceptors (Lipinski definition) is 3. The highest BCUT2D eigenvalue weighted by Crippen LogP contribution is 2.23. The molecule has 1 saturated heterocycles. The van der Waals surface area contributed by atoms with E-state index in [1.807, 2.05) is 0 Å². The summed E-state index contributed by atoms with van der Waals surface area (Å²) in [4.78, 5) is 13.5. The van der Waals surface area contributed by atoms with Gasteiger partial charge in [-0.2, -0.15) is 0 Å². The summed E-state index contributed by atoms with van der Waals surface area (Å²) < 4.78 is 5.71. The van der Waals surface area contributed by atoms with Gasteiger partial charge in [0.25, 0.3) is 0 Å². The summed E-state index contributed by atoms with van der Waals surface area (Å²) in [6.07, 6.45) is 1.64. The Balaban J connectivity index is 2.20. The molecule has 1 unspecified atom stereocenters. The summed E-state index contributed by atoms with van der Waals surface area (Å²) in [5.74, 6) is 0. The van der Waals surface area contributed by atoms with Crippen molar-refractivity contribution in [2.45, 2.75) is 18.9 Å². The number of carbonyl (C=O) groups excluding carboxylic acids is 1. The zero-order valence-electron chi connectivity index (χ0n) is 8.90. The van der Waals surface area contributed by atoms with E-state index in [4.69, 9.17) is 12.7 Å². The summed E-state index contributed by atoms with van der Waals surface area (Å²) in [5, 5.41) is 0. The minimum Gasteiger partial charge on any atom is -0.397 e. The lowest BCUT2D eigenvalue weighted by Crippen LogP contribution is -2.35. The highest BCUT2D eigenvalue weighted by atomic mass is 16.5. The summed E-state index contributed by atoms with van der Waals surface area (Å²) in [6, 6.07) is 0. The quantitative estimate of drug-likeness (QED) is 0.444. The highest BCUT2D eigenvalue weighted by Gasteiger charge is 2.32. The summed E-state index contributed by atoms with van der Waals surface area (Å²) in [5.41, 5.74) is -0.0710. The third-order valence-corrected chi connectivity index (χ3v) is 2.56. The lowest BCUT2D eigenvalue weighted by atomic mass is 10.1. The van der Waals surface area contributed by atoms with Gasteiger partial charge in [0.15, 0.2) is 6.41 Å². The van der Waals surface area contributed by atoms with Crippen molar-refractivity contribution in [1.82, 2.24) is 9.71 Å². The second-order valence-corrected chi connectivity index (χ2v) is 4.13. The molecule has 1 heterocycles. The Kier molecular flexibility index (Phi) is 3.95. The van der Waals surface area contributed by atoms with Crippen molar-refractivity contribution in [2.75, 3.05) is 33.3 Å². The first kappa shape index (κ1) is 11.5. The van der Waals surface area contributed by atoms with Gasteiger partial charge in [-0.15, -0.1) is 0 Å². The molecule has 2 radical (unpaired) electrons. The average molecular weight is 196 g/mol. The third kappa shape index (κ3) is 3.31. The minimum atomic E-state index is -0.0710. The van der Waals surface area contributed by atoms with Crippen molar-refractivity contribution in [3.63, 3.8) is 0 Å². The molecule has 0 aromatic carbocycles. The number of nitrogens with zero attached hydrogens (tertiary/aromatic N) is 2. The largest absolute Gasteiger partial charge is 0.397 e. The van der Waals surface area contributed by atoms with Crippen LogP contribution in [0.4, 0.5) is 0 Å². The molecule has 1 rings (SSSR count). The van der Waals surface area contributed by atoms with Crippen LogP contribution in [0, 0.1) is 0 Å². The number of likely N-dealkylation sites (N-methyl/N-ethyl adjacent to an activating group) is 1. The number of rotatable bonds is 5. The molecule has 5 heteroatoms. The molecule has 1 fully saturated rings. The first-order chi connectivity index (χ1) is 6.56. The van der Waals surface area contributed by atoms with E-state index in [1.165, 1.54) is 0 Å². The molecule has 0 aromatic heterocycles. The molecule has 0 aromatic rings. The summed E-state index contributed by atoms with van der Waals surface area (Å²) in [6.45, 7) is 5.05. The molecular formula is C9H17BN2O2. The van der Waals surface area contributed by atoms with Gasteiger partial charge in [0.05, 0.1) is 12.2 Å². The molecule has 1 atom stereocenters. The first-order valence-electron chi connectivity index (χ1n) is 4.85.